The second-order valence-corrected chi connectivity index (χ2v) is 11.5. The van der Waals surface area contributed by atoms with Gasteiger partial charge in [-0.3, -0.25) is 9.59 Å². The normalized spacial score (nSPS) is 19.1. The minimum atomic E-state index is -3.74. The molecule has 33 heavy (non-hydrogen) atoms. The largest absolute Gasteiger partial charge is 0.326 e. The first-order valence-corrected chi connectivity index (χ1v) is 13.4. The Labute approximate surface area is 203 Å². The average molecular weight is 534 g/mol. The zero-order valence-corrected chi connectivity index (χ0v) is 21.2. The monoisotopic (exact) mass is 533 g/mol. The molecule has 0 aromatic heterocycles. The molecule has 1 saturated heterocycles. The van der Waals surface area contributed by atoms with Crippen LogP contribution in [0.4, 0.5) is 11.4 Å². The van der Waals surface area contributed by atoms with E-state index in [1.54, 1.807) is 23.1 Å². The van der Waals surface area contributed by atoms with Crippen LogP contribution in [0.25, 0.3) is 0 Å². The van der Waals surface area contributed by atoms with Crippen LogP contribution in [0.2, 0.25) is 0 Å². The van der Waals surface area contributed by atoms with Gasteiger partial charge in [0, 0.05) is 42.4 Å². The minimum absolute atomic E-state index is 0.0441. The summed E-state index contributed by atoms with van der Waals surface area (Å²) in [6, 6.07) is 10.6. The summed E-state index contributed by atoms with van der Waals surface area (Å²) in [4.78, 5) is 26.7. The van der Waals surface area contributed by atoms with Gasteiger partial charge < -0.3 is 10.2 Å². The number of aryl methyl sites for hydroxylation is 2. The number of anilines is 2. The molecular formula is C24H28BrN3O4S. The predicted octanol–water partition coefficient (Wildman–Crippen LogP) is 4.10. The van der Waals surface area contributed by atoms with E-state index in [0.29, 0.717) is 31.6 Å². The first kappa shape index (κ1) is 23.9. The van der Waals surface area contributed by atoms with E-state index in [1.807, 2.05) is 25.1 Å². The number of hydrogen-bond acceptors (Lipinski definition) is 4. The summed E-state index contributed by atoms with van der Waals surface area (Å²) in [6.07, 6.45) is 2.81. The number of carbonyl (C=O) groups is 2. The third-order valence-corrected chi connectivity index (χ3v) is 9.12. The van der Waals surface area contributed by atoms with Crippen LogP contribution in [0.5, 0.6) is 0 Å². The molecule has 2 amide bonds. The summed E-state index contributed by atoms with van der Waals surface area (Å²) < 4.78 is 29.2. The summed E-state index contributed by atoms with van der Waals surface area (Å²) in [5.41, 5.74) is 3.37. The molecule has 4 rings (SSSR count). The van der Waals surface area contributed by atoms with Gasteiger partial charge >= 0.3 is 0 Å². The molecule has 2 heterocycles. The molecule has 0 saturated carbocycles. The molecule has 7 nitrogen and oxygen atoms in total. The fourth-order valence-corrected chi connectivity index (χ4v) is 6.37. The first-order valence-electron chi connectivity index (χ1n) is 11.1. The van der Waals surface area contributed by atoms with Gasteiger partial charge in [-0.1, -0.05) is 15.9 Å². The van der Waals surface area contributed by atoms with Gasteiger partial charge in [-0.2, -0.15) is 4.31 Å². The smallest absolute Gasteiger partial charge is 0.243 e. The van der Waals surface area contributed by atoms with E-state index in [2.05, 4.69) is 21.2 Å². The zero-order valence-electron chi connectivity index (χ0n) is 18.8. The summed E-state index contributed by atoms with van der Waals surface area (Å²) in [5.74, 6) is -0.625. The maximum absolute atomic E-state index is 13.4. The Kier molecular flexibility index (Phi) is 6.93. The van der Waals surface area contributed by atoms with Crippen LogP contribution in [0.15, 0.2) is 45.8 Å². The molecule has 176 valence electrons. The van der Waals surface area contributed by atoms with Gasteiger partial charge in [0.05, 0.1) is 10.8 Å². The molecular weight excluding hydrogens is 506 g/mol. The molecule has 2 aromatic rings. The van der Waals surface area contributed by atoms with Gasteiger partial charge in [-0.25, -0.2) is 8.42 Å². The summed E-state index contributed by atoms with van der Waals surface area (Å²) >= 11 is 3.45. The number of amides is 2. The fraction of sp³-hybridized carbons (Fsp3) is 0.417. The van der Waals surface area contributed by atoms with Crippen molar-refractivity contribution < 1.29 is 18.0 Å². The molecule has 2 aromatic carbocycles. The van der Waals surface area contributed by atoms with Crippen molar-refractivity contribution >= 4 is 49.1 Å². The highest BCUT2D eigenvalue weighted by molar-refractivity contribution is 9.10. The van der Waals surface area contributed by atoms with Crippen LogP contribution in [-0.4, -0.2) is 44.2 Å². The van der Waals surface area contributed by atoms with Gasteiger partial charge in [0.15, 0.2) is 0 Å². The van der Waals surface area contributed by atoms with E-state index in [0.717, 1.165) is 34.1 Å². The van der Waals surface area contributed by atoms with Gasteiger partial charge in [0.25, 0.3) is 0 Å². The van der Waals surface area contributed by atoms with Crippen molar-refractivity contribution in [2.45, 2.75) is 44.4 Å². The van der Waals surface area contributed by atoms with E-state index in [-0.39, 0.29) is 23.3 Å². The van der Waals surface area contributed by atoms with Crippen LogP contribution in [0, 0.1) is 12.8 Å². The van der Waals surface area contributed by atoms with E-state index in [1.165, 1.54) is 11.2 Å². The number of nitrogens with zero attached hydrogens (tertiary/aromatic N) is 2. The number of carbonyl (C=O) groups excluding carboxylic acids is 2. The van der Waals surface area contributed by atoms with Crippen molar-refractivity contribution in [2.24, 2.45) is 5.92 Å². The molecule has 2 aliphatic rings. The molecule has 1 atom stereocenters. The zero-order chi connectivity index (χ0) is 23.8. The SMILES string of the molecule is CC(=O)N1CCCc2cc(S(=O)(=O)N3CCCC(C(=O)Nc4ccc(Br)c(C)c4)C3)ccc21. The second-order valence-electron chi connectivity index (χ2n) is 8.72. The molecule has 2 aliphatic heterocycles. The molecule has 0 spiro atoms. The third-order valence-electron chi connectivity index (χ3n) is 6.37. The number of rotatable bonds is 4. The lowest BCUT2D eigenvalue weighted by atomic mass is 9.98. The molecule has 0 aliphatic carbocycles. The maximum atomic E-state index is 13.4. The summed E-state index contributed by atoms with van der Waals surface area (Å²) in [7, 11) is -3.74. The number of benzene rings is 2. The van der Waals surface area contributed by atoms with Crippen LogP contribution >= 0.6 is 15.9 Å². The topological polar surface area (TPSA) is 86.8 Å². The highest BCUT2D eigenvalue weighted by Gasteiger charge is 2.34. The van der Waals surface area contributed by atoms with E-state index in [9.17, 15) is 18.0 Å². The standard InChI is InChI=1S/C24H28BrN3O4S/c1-16-13-20(7-9-22(16)25)26-24(30)19-6-3-11-27(15-19)33(31,32)21-8-10-23-18(14-21)5-4-12-28(23)17(2)29/h7-10,13-14,19H,3-6,11-12,15H2,1-2H3,(H,26,30). The summed E-state index contributed by atoms with van der Waals surface area (Å²) in [5, 5.41) is 2.93. The first-order chi connectivity index (χ1) is 15.7. The highest BCUT2D eigenvalue weighted by Crippen LogP contribution is 2.32. The van der Waals surface area contributed by atoms with Crippen molar-refractivity contribution in [1.82, 2.24) is 4.31 Å². The highest BCUT2D eigenvalue weighted by atomic mass is 79.9. The summed E-state index contributed by atoms with van der Waals surface area (Å²) in [6.45, 7) is 4.66. The fourth-order valence-electron chi connectivity index (χ4n) is 4.55. The van der Waals surface area contributed by atoms with Crippen molar-refractivity contribution in [1.29, 1.82) is 0 Å². The van der Waals surface area contributed by atoms with Crippen molar-refractivity contribution in [3.63, 3.8) is 0 Å². The molecule has 1 N–H and O–H groups in total. The minimum Gasteiger partial charge on any atom is -0.326 e. The van der Waals surface area contributed by atoms with Crippen LogP contribution in [-0.2, 0) is 26.0 Å². The number of fused-ring (bicyclic) bond motifs is 1. The van der Waals surface area contributed by atoms with E-state index < -0.39 is 15.9 Å². The molecule has 0 radical (unpaired) electrons. The van der Waals surface area contributed by atoms with E-state index in [4.69, 9.17) is 0 Å². The number of nitrogens with one attached hydrogen (secondary N) is 1. The Hall–Kier alpha value is -2.23. The van der Waals surface area contributed by atoms with Crippen molar-refractivity contribution in [2.75, 3.05) is 29.9 Å². The van der Waals surface area contributed by atoms with Crippen LogP contribution in [0.3, 0.4) is 0 Å². The lowest BCUT2D eigenvalue weighted by Gasteiger charge is -2.32. The van der Waals surface area contributed by atoms with Gasteiger partial charge in [-0.05, 0) is 80.1 Å². The Morgan fingerprint density at radius 3 is 2.61 bits per heavy atom. The van der Waals surface area contributed by atoms with Gasteiger partial charge in [0.2, 0.25) is 21.8 Å². The Bertz CT molecular complexity index is 1200. The van der Waals surface area contributed by atoms with Crippen LogP contribution < -0.4 is 10.2 Å². The lowest BCUT2D eigenvalue weighted by molar-refractivity contribution is -0.121. The Morgan fingerprint density at radius 2 is 1.88 bits per heavy atom. The predicted molar refractivity (Wildman–Crippen MR) is 132 cm³/mol. The van der Waals surface area contributed by atoms with Crippen molar-refractivity contribution in [3.8, 4) is 0 Å². The maximum Gasteiger partial charge on any atom is 0.243 e. The van der Waals surface area contributed by atoms with Crippen molar-refractivity contribution in [3.05, 3.63) is 52.0 Å². The average Bonchev–Trinajstić information content (AvgIpc) is 2.80. The van der Waals surface area contributed by atoms with Gasteiger partial charge in [0.1, 0.15) is 0 Å². The Morgan fingerprint density at radius 1 is 1.09 bits per heavy atom. The molecule has 9 heteroatoms. The van der Waals surface area contributed by atoms with Gasteiger partial charge in [-0.15, -0.1) is 0 Å². The van der Waals surface area contributed by atoms with E-state index >= 15 is 0 Å². The van der Waals surface area contributed by atoms with Crippen LogP contribution in [0.1, 0.15) is 37.3 Å². The number of halogens is 1. The second kappa shape index (κ2) is 9.56. The number of hydrogen-bond donors (Lipinski definition) is 1. The number of piperidine rings is 1. The molecule has 0 bridgehead atoms. The lowest BCUT2D eigenvalue weighted by Crippen LogP contribution is -2.43. The molecule has 1 unspecified atom stereocenters. The quantitative estimate of drug-likeness (QED) is 0.640. The Balaban J connectivity index is 1.51. The third kappa shape index (κ3) is 5.00. The molecule has 1 fully saturated rings. The number of sulfonamides is 1.